The number of ether oxygens (including phenoxy) is 1. The summed E-state index contributed by atoms with van der Waals surface area (Å²) in [4.78, 5) is 8.40. The lowest BCUT2D eigenvalue weighted by molar-refractivity contribution is 0.398. The van der Waals surface area contributed by atoms with Crippen molar-refractivity contribution in [2.75, 3.05) is 7.11 Å². The predicted octanol–water partition coefficient (Wildman–Crippen LogP) is 1.95. The van der Waals surface area contributed by atoms with Gasteiger partial charge in [0.15, 0.2) is 5.82 Å². The van der Waals surface area contributed by atoms with E-state index in [1.807, 2.05) is 36.0 Å². The molecular formula is C14H13N5O. The minimum atomic E-state index is 0.575. The van der Waals surface area contributed by atoms with Crippen LogP contribution in [0, 0.1) is 0 Å². The van der Waals surface area contributed by atoms with Gasteiger partial charge in [0.05, 0.1) is 12.8 Å². The van der Waals surface area contributed by atoms with Gasteiger partial charge in [0, 0.05) is 37.3 Å². The number of hydrogen-bond donors (Lipinski definition) is 0. The molecule has 0 bridgehead atoms. The lowest BCUT2D eigenvalue weighted by Crippen LogP contribution is -1.96. The molecule has 0 aliphatic rings. The zero-order valence-electron chi connectivity index (χ0n) is 11.2. The minimum Gasteiger partial charge on any atom is -0.481 e. The van der Waals surface area contributed by atoms with Crippen molar-refractivity contribution in [1.82, 2.24) is 24.7 Å². The SMILES string of the molecule is COc1ccc(-c2ccc(-c3nccn3C)nn2)cn1. The van der Waals surface area contributed by atoms with Crippen LogP contribution in [0.2, 0.25) is 0 Å². The standard InChI is InChI=1S/C14H13N5O/c1-19-8-7-15-14(19)12-5-4-11(17-18-12)10-3-6-13(20-2)16-9-10/h3-9H,1-2H3. The highest BCUT2D eigenvalue weighted by Crippen LogP contribution is 2.20. The van der Waals surface area contributed by atoms with Crippen molar-refractivity contribution in [3.8, 4) is 28.7 Å². The normalized spacial score (nSPS) is 10.5. The molecule has 0 saturated carbocycles. The molecule has 6 heteroatoms. The molecule has 3 aromatic heterocycles. The van der Waals surface area contributed by atoms with Crippen LogP contribution in [0.4, 0.5) is 0 Å². The molecule has 0 amide bonds. The predicted molar refractivity (Wildman–Crippen MR) is 74.0 cm³/mol. The fraction of sp³-hybridized carbons (Fsp3) is 0.143. The van der Waals surface area contributed by atoms with Gasteiger partial charge in [-0.15, -0.1) is 10.2 Å². The molecule has 0 radical (unpaired) electrons. The molecule has 3 aromatic rings. The third-order valence-corrected chi connectivity index (χ3v) is 2.96. The molecule has 100 valence electrons. The summed E-state index contributed by atoms with van der Waals surface area (Å²) in [6.45, 7) is 0. The zero-order valence-corrected chi connectivity index (χ0v) is 11.2. The molecule has 0 aromatic carbocycles. The Morgan fingerprint density at radius 2 is 1.80 bits per heavy atom. The van der Waals surface area contributed by atoms with Crippen LogP contribution in [0.5, 0.6) is 5.88 Å². The van der Waals surface area contributed by atoms with E-state index in [0.29, 0.717) is 5.88 Å². The fourth-order valence-corrected chi connectivity index (χ4v) is 1.87. The Hall–Kier alpha value is -2.76. The van der Waals surface area contributed by atoms with E-state index in [2.05, 4.69) is 20.2 Å². The quantitative estimate of drug-likeness (QED) is 0.725. The summed E-state index contributed by atoms with van der Waals surface area (Å²) >= 11 is 0. The topological polar surface area (TPSA) is 65.7 Å². The smallest absolute Gasteiger partial charge is 0.212 e. The minimum absolute atomic E-state index is 0.575. The van der Waals surface area contributed by atoms with Crippen LogP contribution in [0.1, 0.15) is 0 Å². The van der Waals surface area contributed by atoms with Gasteiger partial charge in [-0.1, -0.05) is 0 Å². The van der Waals surface area contributed by atoms with Crippen molar-refractivity contribution in [1.29, 1.82) is 0 Å². The van der Waals surface area contributed by atoms with Gasteiger partial charge in [-0.2, -0.15) is 0 Å². The summed E-state index contributed by atoms with van der Waals surface area (Å²) in [6.07, 6.45) is 5.32. The lowest BCUT2D eigenvalue weighted by Gasteiger charge is -2.03. The van der Waals surface area contributed by atoms with Gasteiger partial charge in [0.25, 0.3) is 0 Å². The zero-order chi connectivity index (χ0) is 13.9. The maximum atomic E-state index is 5.03. The van der Waals surface area contributed by atoms with Crippen molar-refractivity contribution >= 4 is 0 Å². The van der Waals surface area contributed by atoms with Crippen LogP contribution in [0.3, 0.4) is 0 Å². The van der Waals surface area contributed by atoms with Gasteiger partial charge in [0.2, 0.25) is 5.88 Å². The molecule has 6 nitrogen and oxygen atoms in total. The third-order valence-electron chi connectivity index (χ3n) is 2.96. The van der Waals surface area contributed by atoms with E-state index < -0.39 is 0 Å². The van der Waals surface area contributed by atoms with Gasteiger partial charge < -0.3 is 9.30 Å². The molecule has 0 unspecified atom stereocenters. The first-order valence-electron chi connectivity index (χ1n) is 6.10. The van der Waals surface area contributed by atoms with Crippen molar-refractivity contribution < 1.29 is 4.74 Å². The molecular weight excluding hydrogens is 254 g/mol. The number of hydrogen-bond acceptors (Lipinski definition) is 5. The van der Waals surface area contributed by atoms with Gasteiger partial charge in [-0.3, -0.25) is 0 Å². The molecule has 0 fully saturated rings. The third kappa shape index (κ3) is 2.23. The van der Waals surface area contributed by atoms with Gasteiger partial charge in [0.1, 0.15) is 5.69 Å². The molecule has 20 heavy (non-hydrogen) atoms. The van der Waals surface area contributed by atoms with E-state index in [-0.39, 0.29) is 0 Å². The average molecular weight is 267 g/mol. The van der Waals surface area contributed by atoms with Gasteiger partial charge >= 0.3 is 0 Å². The van der Waals surface area contributed by atoms with Gasteiger partial charge in [-0.05, 0) is 18.2 Å². The summed E-state index contributed by atoms with van der Waals surface area (Å²) in [5.41, 5.74) is 2.39. The Labute approximate surface area is 116 Å². The molecule has 0 aliphatic carbocycles. The second-order valence-corrected chi connectivity index (χ2v) is 4.25. The van der Waals surface area contributed by atoms with Crippen LogP contribution >= 0.6 is 0 Å². The van der Waals surface area contributed by atoms with Crippen molar-refractivity contribution in [2.45, 2.75) is 0 Å². The first-order valence-corrected chi connectivity index (χ1v) is 6.10. The molecule has 0 N–H and O–H groups in total. The number of methoxy groups -OCH3 is 1. The van der Waals surface area contributed by atoms with Crippen molar-refractivity contribution in [2.24, 2.45) is 7.05 Å². The summed E-state index contributed by atoms with van der Waals surface area (Å²) in [6, 6.07) is 7.50. The fourth-order valence-electron chi connectivity index (χ4n) is 1.87. The number of imidazole rings is 1. The maximum Gasteiger partial charge on any atom is 0.212 e. The molecule has 0 spiro atoms. The Morgan fingerprint density at radius 1 is 1.00 bits per heavy atom. The lowest BCUT2D eigenvalue weighted by atomic mass is 10.2. The van der Waals surface area contributed by atoms with E-state index in [1.165, 1.54) is 0 Å². The molecule has 3 heterocycles. The van der Waals surface area contributed by atoms with Gasteiger partial charge in [-0.25, -0.2) is 9.97 Å². The molecule has 0 saturated heterocycles. The van der Waals surface area contributed by atoms with Crippen LogP contribution in [0.25, 0.3) is 22.8 Å². The number of aryl methyl sites for hydroxylation is 1. The summed E-state index contributed by atoms with van der Waals surface area (Å²) in [5, 5.41) is 8.43. The monoisotopic (exact) mass is 267 g/mol. The number of rotatable bonds is 3. The van der Waals surface area contributed by atoms with Crippen LogP contribution in [-0.2, 0) is 7.05 Å². The number of nitrogens with zero attached hydrogens (tertiary/aromatic N) is 5. The Bertz CT molecular complexity index is 703. The molecule has 0 aliphatic heterocycles. The Balaban J connectivity index is 1.91. The van der Waals surface area contributed by atoms with Crippen LogP contribution in [0.15, 0.2) is 42.9 Å². The Morgan fingerprint density at radius 3 is 2.35 bits per heavy atom. The highest BCUT2D eigenvalue weighted by atomic mass is 16.5. The summed E-state index contributed by atoms with van der Waals surface area (Å²) < 4.78 is 6.93. The van der Waals surface area contributed by atoms with Crippen molar-refractivity contribution in [3.05, 3.63) is 42.9 Å². The summed E-state index contributed by atoms with van der Waals surface area (Å²) in [5.74, 6) is 1.36. The molecule has 3 rings (SSSR count). The highest BCUT2D eigenvalue weighted by Gasteiger charge is 2.07. The van der Waals surface area contributed by atoms with Crippen molar-refractivity contribution in [3.63, 3.8) is 0 Å². The second-order valence-electron chi connectivity index (χ2n) is 4.25. The highest BCUT2D eigenvalue weighted by molar-refractivity contribution is 5.60. The van der Waals surface area contributed by atoms with E-state index in [0.717, 1.165) is 22.8 Å². The second kappa shape index (κ2) is 5.08. The van der Waals surface area contributed by atoms with Crippen LogP contribution in [-0.4, -0.2) is 31.8 Å². The number of aromatic nitrogens is 5. The van der Waals surface area contributed by atoms with Crippen LogP contribution < -0.4 is 4.74 Å². The molecule has 0 atom stereocenters. The average Bonchev–Trinajstić information content (AvgIpc) is 2.94. The first-order chi connectivity index (χ1) is 9.78. The summed E-state index contributed by atoms with van der Waals surface area (Å²) in [7, 11) is 3.51. The number of pyridine rings is 1. The van der Waals surface area contributed by atoms with E-state index in [4.69, 9.17) is 4.74 Å². The van der Waals surface area contributed by atoms with E-state index >= 15 is 0 Å². The Kier molecular flexibility index (Phi) is 3.12. The largest absolute Gasteiger partial charge is 0.481 e. The first kappa shape index (κ1) is 12.3. The maximum absolute atomic E-state index is 5.03. The van der Waals surface area contributed by atoms with E-state index in [1.54, 1.807) is 25.6 Å². The van der Waals surface area contributed by atoms with E-state index in [9.17, 15) is 0 Å².